The van der Waals surface area contributed by atoms with E-state index in [1.165, 1.54) is 6.26 Å². The molecule has 0 aromatic rings. The zero-order valence-electron chi connectivity index (χ0n) is 5.28. The summed E-state index contributed by atoms with van der Waals surface area (Å²) in [5.74, 6) is 0. The van der Waals surface area contributed by atoms with Gasteiger partial charge in [-0.15, -0.1) is 0 Å². The van der Waals surface area contributed by atoms with E-state index in [0.717, 1.165) is 0 Å². The van der Waals surface area contributed by atoms with Crippen LogP contribution in [0.2, 0.25) is 0 Å². The molecule has 0 aromatic carbocycles. The average Bonchev–Trinajstić information content (AvgIpc) is 1.88. The maximum atomic E-state index is 10.2. The summed E-state index contributed by atoms with van der Waals surface area (Å²) in [4.78, 5) is 10.2. The molecule has 0 aromatic heterocycles. The molecular formula is C6H8N2O2. The maximum Gasteiger partial charge on any atom is 0.315 e. The Hall–Kier alpha value is -1.45. The van der Waals surface area contributed by atoms with Crippen molar-refractivity contribution in [3.05, 3.63) is 24.5 Å². The number of nitrogens with two attached hydrogens (primary N) is 1. The van der Waals surface area contributed by atoms with Crippen molar-refractivity contribution in [1.29, 1.82) is 0 Å². The number of carbonyl (C=O) groups is 1. The molecule has 1 rings (SSSR count). The first-order valence-electron chi connectivity index (χ1n) is 2.84. The molecule has 0 aliphatic carbocycles. The van der Waals surface area contributed by atoms with Gasteiger partial charge in [0.1, 0.15) is 0 Å². The van der Waals surface area contributed by atoms with Crippen LogP contribution in [-0.4, -0.2) is 12.3 Å². The van der Waals surface area contributed by atoms with Gasteiger partial charge in [-0.3, -0.25) is 5.32 Å². The molecule has 0 fully saturated rings. The highest BCUT2D eigenvalue weighted by Crippen LogP contribution is 1.97. The van der Waals surface area contributed by atoms with E-state index in [4.69, 9.17) is 10.5 Å². The Morgan fingerprint density at radius 3 is 2.90 bits per heavy atom. The minimum Gasteiger partial charge on any atom is -0.475 e. The number of primary amides is 1. The molecule has 0 saturated carbocycles. The van der Waals surface area contributed by atoms with Gasteiger partial charge in [-0.25, -0.2) is 4.79 Å². The lowest BCUT2D eigenvalue weighted by Gasteiger charge is -2.14. The summed E-state index contributed by atoms with van der Waals surface area (Å²) in [5, 5.41) is 2.36. The lowest BCUT2D eigenvalue weighted by Crippen LogP contribution is -2.38. The fourth-order valence-corrected chi connectivity index (χ4v) is 0.608. The minimum atomic E-state index is -0.593. The van der Waals surface area contributed by atoms with E-state index in [1.54, 1.807) is 18.2 Å². The van der Waals surface area contributed by atoms with Gasteiger partial charge in [-0.2, -0.15) is 0 Å². The Morgan fingerprint density at radius 2 is 2.40 bits per heavy atom. The van der Waals surface area contributed by atoms with Crippen LogP contribution in [0.5, 0.6) is 0 Å². The van der Waals surface area contributed by atoms with E-state index in [9.17, 15) is 4.79 Å². The molecule has 4 nitrogen and oxygen atoms in total. The molecule has 1 heterocycles. The number of hydrogen-bond donors (Lipinski definition) is 2. The van der Waals surface area contributed by atoms with Crippen molar-refractivity contribution in [2.45, 2.75) is 6.23 Å². The average molecular weight is 140 g/mol. The lowest BCUT2D eigenvalue weighted by molar-refractivity contribution is 0.154. The fraction of sp³-hybridized carbons (Fsp3) is 0.167. The van der Waals surface area contributed by atoms with Gasteiger partial charge in [0.2, 0.25) is 0 Å². The molecule has 0 bridgehead atoms. The standard InChI is InChI=1S/C6H8N2O2/c7-6(9)8-5-3-1-2-4-10-5/h1-5H,(H3,7,8,9). The summed E-state index contributed by atoms with van der Waals surface area (Å²) in [7, 11) is 0. The first kappa shape index (κ1) is 6.67. The predicted octanol–water partition coefficient (Wildman–Crippen LogP) is 0.0809. The molecule has 1 aliphatic rings. The Morgan fingerprint density at radius 1 is 1.60 bits per heavy atom. The zero-order valence-corrected chi connectivity index (χ0v) is 5.28. The van der Waals surface area contributed by atoms with Crippen LogP contribution in [0.4, 0.5) is 4.79 Å². The summed E-state index contributed by atoms with van der Waals surface area (Å²) in [5.41, 5.74) is 4.84. The number of urea groups is 1. The molecule has 3 N–H and O–H groups in total. The van der Waals surface area contributed by atoms with Crippen LogP contribution in [0.3, 0.4) is 0 Å². The number of carbonyl (C=O) groups excluding carboxylic acids is 1. The SMILES string of the molecule is NC(=O)NC1C=CC=CO1. The molecular weight excluding hydrogens is 132 g/mol. The van der Waals surface area contributed by atoms with E-state index >= 15 is 0 Å². The van der Waals surface area contributed by atoms with Gasteiger partial charge in [0.05, 0.1) is 6.26 Å². The van der Waals surface area contributed by atoms with Gasteiger partial charge >= 0.3 is 6.03 Å². The predicted molar refractivity (Wildman–Crippen MR) is 35.9 cm³/mol. The van der Waals surface area contributed by atoms with Gasteiger partial charge < -0.3 is 10.5 Å². The largest absolute Gasteiger partial charge is 0.475 e. The quantitative estimate of drug-likeness (QED) is 0.541. The fourth-order valence-electron chi connectivity index (χ4n) is 0.608. The van der Waals surface area contributed by atoms with Crippen molar-refractivity contribution >= 4 is 6.03 Å². The van der Waals surface area contributed by atoms with Crippen LogP contribution in [0.15, 0.2) is 24.5 Å². The smallest absolute Gasteiger partial charge is 0.315 e. The molecule has 1 atom stereocenters. The monoisotopic (exact) mass is 140 g/mol. The van der Waals surface area contributed by atoms with E-state index in [2.05, 4.69) is 5.32 Å². The number of allylic oxidation sites excluding steroid dienone is 2. The topological polar surface area (TPSA) is 64.4 Å². The third kappa shape index (κ3) is 1.81. The normalized spacial score (nSPS) is 21.8. The highest BCUT2D eigenvalue weighted by atomic mass is 16.5. The van der Waals surface area contributed by atoms with Gasteiger partial charge in [-0.1, -0.05) is 6.08 Å². The van der Waals surface area contributed by atoms with Gasteiger partial charge in [-0.05, 0) is 12.2 Å². The Bertz CT molecular complexity index is 186. The van der Waals surface area contributed by atoms with Gasteiger partial charge in [0.15, 0.2) is 6.23 Å². The number of amides is 2. The van der Waals surface area contributed by atoms with Crippen molar-refractivity contribution in [3.8, 4) is 0 Å². The molecule has 4 heteroatoms. The summed E-state index contributed by atoms with van der Waals surface area (Å²) in [6.07, 6.45) is 6.25. The highest BCUT2D eigenvalue weighted by Gasteiger charge is 2.05. The van der Waals surface area contributed by atoms with Crippen LogP contribution in [0, 0.1) is 0 Å². The number of rotatable bonds is 1. The molecule has 0 radical (unpaired) electrons. The number of ether oxygens (including phenoxy) is 1. The van der Waals surface area contributed by atoms with Crippen LogP contribution < -0.4 is 11.1 Å². The molecule has 0 spiro atoms. The van der Waals surface area contributed by atoms with Gasteiger partial charge in [0.25, 0.3) is 0 Å². The molecule has 1 unspecified atom stereocenters. The first-order valence-corrected chi connectivity index (χ1v) is 2.84. The summed E-state index contributed by atoms with van der Waals surface area (Å²) < 4.78 is 4.91. The maximum absolute atomic E-state index is 10.2. The van der Waals surface area contributed by atoms with Crippen LogP contribution in [0.25, 0.3) is 0 Å². The Labute approximate surface area is 58.3 Å². The second-order valence-electron chi connectivity index (χ2n) is 1.78. The zero-order chi connectivity index (χ0) is 7.40. The van der Waals surface area contributed by atoms with Crippen molar-refractivity contribution in [1.82, 2.24) is 5.32 Å². The summed E-state index contributed by atoms with van der Waals surface area (Å²) >= 11 is 0. The first-order chi connectivity index (χ1) is 4.79. The second-order valence-corrected chi connectivity index (χ2v) is 1.78. The molecule has 54 valence electrons. The highest BCUT2D eigenvalue weighted by molar-refractivity contribution is 5.72. The Kier molecular flexibility index (Phi) is 1.94. The Balaban J connectivity index is 2.37. The number of hydrogen-bond acceptors (Lipinski definition) is 2. The third-order valence-corrected chi connectivity index (χ3v) is 0.985. The van der Waals surface area contributed by atoms with Crippen molar-refractivity contribution in [3.63, 3.8) is 0 Å². The van der Waals surface area contributed by atoms with E-state index in [-0.39, 0.29) is 0 Å². The van der Waals surface area contributed by atoms with Crippen molar-refractivity contribution < 1.29 is 9.53 Å². The van der Waals surface area contributed by atoms with E-state index in [0.29, 0.717) is 0 Å². The van der Waals surface area contributed by atoms with E-state index in [1.807, 2.05) is 0 Å². The molecule has 2 amide bonds. The second kappa shape index (κ2) is 2.91. The van der Waals surface area contributed by atoms with Crippen molar-refractivity contribution in [2.24, 2.45) is 5.73 Å². The van der Waals surface area contributed by atoms with Crippen molar-refractivity contribution in [2.75, 3.05) is 0 Å². The number of nitrogens with one attached hydrogen (secondary N) is 1. The lowest BCUT2D eigenvalue weighted by atomic mass is 10.4. The molecule has 10 heavy (non-hydrogen) atoms. The summed E-state index contributed by atoms with van der Waals surface area (Å²) in [6, 6.07) is -0.593. The van der Waals surface area contributed by atoms with Crippen LogP contribution in [-0.2, 0) is 4.74 Å². The van der Waals surface area contributed by atoms with Gasteiger partial charge in [0, 0.05) is 0 Å². The summed E-state index contributed by atoms with van der Waals surface area (Å²) in [6.45, 7) is 0. The van der Waals surface area contributed by atoms with Crippen LogP contribution >= 0.6 is 0 Å². The third-order valence-electron chi connectivity index (χ3n) is 0.985. The molecule has 1 aliphatic heterocycles. The van der Waals surface area contributed by atoms with Crippen LogP contribution in [0.1, 0.15) is 0 Å². The minimum absolute atomic E-state index is 0.414. The molecule has 0 saturated heterocycles. The van der Waals surface area contributed by atoms with E-state index < -0.39 is 12.3 Å².